The highest BCUT2D eigenvalue weighted by Gasteiger charge is 2.30. The molecule has 0 radical (unpaired) electrons. The molecule has 0 saturated carbocycles. The van der Waals surface area contributed by atoms with Crippen LogP contribution in [-0.4, -0.2) is 53.1 Å². The molecule has 214 valence electrons. The van der Waals surface area contributed by atoms with Crippen molar-refractivity contribution in [3.8, 4) is 5.75 Å². The van der Waals surface area contributed by atoms with Crippen LogP contribution < -0.4 is 4.18 Å². The molecule has 40 heavy (non-hydrogen) atoms. The lowest BCUT2D eigenvalue weighted by atomic mass is 9.98. The average Bonchev–Trinajstić information content (AvgIpc) is 3.67. The Bertz CT molecular complexity index is 1510. The standard InChI is InChI=1S/C25H25F4N5O4S2/c1-40(35,36)38-21-5-3-2-4-16(21)22-13-17(32-37-22)19-14-39-25(30-19)15-6-8-33(9-7-15)10-11-34-20(24(28)29)12-18(31-34)23(26)27/h2-5,10-12,14-15,22-24H,6-9,13H2,1H3/t22-/m1/s1. The lowest BCUT2D eigenvalue weighted by Crippen LogP contribution is -2.28. The summed E-state index contributed by atoms with van der Waals surface area (Å²) in [5.41, 5.74) is 0.653. The van der Waals surface area contributed by atoms with E-state index in [1.165, 1.54) is 17.5 Å². The number of alkyl halides is 4. The molecule has 1 aromatic carbocycles. The highest BCUT2D eigenvalue weighted by molar-refractivity contribution is 7.86. The molecule has 1 saturated heterocycles. The zero-order valence-electron chi connectivity index (χ0n) is 21.2. The van der Waals surface area contributed by atoms with Crippen molar-refractivity contribution in [1.82, 2.24) is 19.7 Å². The third-order valence-electron chi connectivity index (χ3n) is 6.52. The number of likely N-dealkylation sites (tertiary alicyclic amines) is 1. The van der Waals surface area contributed by atoms with Gasteiger partial charge in [-0.3, -0.25) is 0 Å². The summed E-state index contributed by atoms with van der Waals surface area (Å²) in [4.78, 5) is 12.3. The van der Waals surface area contributed by atoms with Crippen molar-refractivity contribution in [2.24, 2.45) is 5.16 Å². The van der Waals surface area contributed by atoms with E-state index in [-0.39, 0.29) is 11.7 Å². The number of aromatic nitrogens is 3. The second-order valence-electron chi connectivity index (χ2n) is 9.38. The number of hydrogen-bond acceptors (Lipinski definition) is 9. The molecule has 0 amide bonds. The van der Waals surface area contributed by atoms with E-state index in [1.807, 2.05) is 10.3 Å². The first-order valence-electron chi connectivity index (χ1n) is 12.3. The molecule has 0 unspecified atom stereocenters. The van der Waals surface area contributed by atoms with Gasteiger partial charge in [-0.1, -0.05) is 23.4 Å². The Labute approximate surface area is 231 Å². The van der Waals surface area contributed by atoms with Crippen LogP contribution in [0.3, 0.4) is 0 Å². The summed E-state index contributed by atoms with van der Waals surface area (Å²) in [6, 6.07) is 7.46. The Balaban J connectivity index is 1.18. The van der Waals surface area contributed by atoms with Crippen LogP contribution in [-0.2, 0) is 15.0 Å². The molecule has 0 bridgehead atoms. The first-order chi connectivity index (χ1) is 19.1. The number of hydrogen-bond donors (Lipinski definition) is 0. The third kappa shape index (κ3) is 6.46. The van der Waals surface area contributed by atoms with E-state index < -0.39 is 40.5 Å². The van der Waals surface area contributed by atoms with Gasteiger partial charge < -0.3 is 13.9 Å². The Kier molecular flexibility index (Phi) is 8.12. The van der Waals surface area contributed by atoms with Crippen molar-refractivity contribution in [1.29, 1.82) is 0 Å². The van der Waals surface area contributed by atoms with Crippen molar-refractivity contribution < 1.29 is 35.0 Å². The van der Waals surface area contributed by atoms with E-state index in [4.69, 9.17) is 14.0 Å². The molecule has 2 aromatic heterocycles. The molecule has 9 nitrogen and oxygen atoms in total. The summed E-state index contributed by atoms with van der Waals surface area (Å²) >= 11 is 1.52. The summed E-state index contributed by atoms with van der Waals surface area (Å²) in [5, 5.41) is 10.6. The normalized spacial score (nSPS) is 18.6. The topological polar surface area (TPSA) is 98.9 Å². The van der Waals surface area contributed by atoms with E-state index in [0.29, 0.717) is 36.5 Å². The summed E-state index contributed by atoms with van der Waals surface area (Å²) in [5.74, 6) is 0.386. The summed E-state index contributed by atoms with van der Waals surface area (Å²) < 4.78 is 81.3. The zero-order valence-corrected chi connectivity index (χ0v) is 22.8. The Hall–Kier alpha value is -3.46. The minimum atomic E-state index is -3.71. The molecule has 1 atom stereocenters. The zero-order chi connectivity index (χ0) is 28.4. The van der Waals surface area contributed by atoms with Crippen LogP contribution in [0.1, 0.15) is 71.8 Å². The highest BCUT2D eigenvalue weighted by atomic mass is 32.2. The van der Waals surface area contributed by atoms with Gasteiger partial charge >= 0.3 is 10.1 Å². The lowest BCUT2D eigenvalue weighted by Gasteiger charge is -2.30. The number of oxime groups is 1. The van der Waals surface area contributed by atoms with Crippen LogP contribution >= 0.6 is 11.3 Å². The van der Waals surface area contributed by atoms with Crippen LogP contribution in [0, 0.1) is 0 Å². The lowest BCUT2D eigenvalue weighted by molar-refractivity contribution is 0.0845. The number of nitrogens with zero attached hydrogens (tertiary/aromatic N) is 5. The van der Waals surface area contributed by atoms with Crippen LogP contribution in [0.4, 0.5) is 17.6 Å². The van der Waals surface area contributed by atoms with Crippen molar-refractivity contribution in [3.05, 3.63) is 69.6 Å². The maximum absolute atomic E-state index is 13.2. The van der Waals surface area contributed by atoms with E-state index in [2.05, 4.69) is 10.3 Å². The molecule has 0 spiro atoms. The number of halogens is 4. The van der Waals surface area contributed by atoms with Crippen LogP contribution in [0.15, 0.2) is 47.1 Å². The third-order valence-corrected chi connectivity index (χ3v) is 8.01. The molecule has 0 N–H and O–H groups in total. The van der Waals surface area contributed by atoms with E-state index >= 15 is 0 Å². The monoisotopic (exact) mass is 599 g/mol. The van der Waals surface area contributed by atoms with Gasteiger partial charge in [0.2, 0.25) is 0 Å². The molecular weight excluding hydrogens is 574 g/mol. The van der Waals surface area contributed by atoms with Crippen LogP contribution in [0.5, 0.6) is 5.75 Å². The molecule has 2 aliphatic heterocycles. The highest BCUT2D eigenvalue weighted by Crippen LogP contribution is 2.37. The first kappa shape index (κ1) is 28.1. The maximum Gasteiger partial charge on any atom is 0.306 e. The smallest absolute Gasteiger partial charge is 0.306 e. The molecule has 0 aliphatic carbocycles. The fraction of sp³-hybridized carbons (Fsp3) is 0.400. The Morgan fingerprint density at radius 2 is 1.88 bits per heavy atom. The van der Waals surface area contributed by atoms with Crippen LogP contribution in [0.2, 0.25) is 0 Å². The van der Waals surface area contributed by atoms with Gasteiger partial charge in [0.15, 0.2) is 6.10 Å². The minimum Gasteiger partial charge on any atom is -0.387 e. The molecule has 15 heteroatoms. The SMILES string of the molecule is CS(=O)(=O)Oc1ccccc1[C@H]1CC(c2csc(C3CCN(C=Cn4nc(C(F)F)cc4C(F)F)CC3)n2)=NO1. The van der Waals surface area contributed by atoms with E-state index in [0.717, 1.165) is 34.9 Å². The summed E-state index contributed by atoms with van der Waals surface area (Å²) in [6.07, 6.45) is -0.574. The second kappa shape index (κ2) is 11.6. The van der Waals surface area contributed by atoms with E-state index in [1.54, 1.807) is 30.5 Å². The van der Waals surface area contributed by atoms with Gasteiger partial charge in [-0.25, -0.2) is 27.2 Å². The molecule has 5 rings (SSSR count). The van der Waals surface area contributed by atoms with Crippen LogP contribution in [0.25, 0.3) is 6.20 Å². The number of thiazole rings is 1. The van der Waals surface area contributed by atoms with Gasteiger partial charge in [0.25, 0.3) is 12.9 Å². The van der Waals surface area contributed by atoms with Crippen molar-refractivity contribution in [3.63, 3.8) is 0 Å². The number of benzene rings is 1. The van der Waals surface area contributed by atoms with Gasteiger partial charge in [-0.05, 0) is 25.0 Å². The van der Waals surface area contributed by atoms with Gasteiger partial charge in [0, 0.05) is 48.8 Å². The summed E-state index contributed by atoms with van der Waals surface area (Å²) in [6.45, 7) is 1.26. The molecule has 1 fully saturated rings. The number of para-hydroxylation sites is 1. The minimum absolute atomic E-state index is 0.192. The predicted octanol–water partition coefficient (Wildman–Crippen LogP) is 5.73. The van der Waals surface area contributed by atoms with Crippen molar-refractivity contribution in [2.45, 2.75) is 44.1 Å². The van der Waals surface area contributed by atoms with Crippen molar-refractivity contribution >= 4 is 33.4 Å². The van der Waals surface area contributed by atoms with Gasteiger partial charge in [-0.2, -0.15) is 13.5 Å². The molecule has 4 heterocycles. The Morgan fingerprint density at radius 3 is 2.58 bits per heavy atom. The molecule has 2 aliphatic rings. The van der Waals surface area contributed by atoms with E-state index in [9.17, 15) is 26.0 Å². The molecule has 3 aromatic rings. The van der Waals surface area contributed by atoms with Crippen molar-refractivity contribution in [2.75, 3.05) is 19.3 Å². The van der Waals surface area contributed by atoms with Gasteiger partial charge in [0.1, 0.15) is 22.8 Å². The Morgan fingerprint density at radius 1 is 1.12 bits per heavy atom. The first-order valence-corrected chi connectivity index (χ1v) is 15.0. The fourth-order valence-electron chi connectivity index (χ4n) is 4.56. The number of rotatable bonds is 9. The largest absolute Gasteiger partial charge is 0.387 e. The van der Waals surface area contributed by atoms with Gasteiger partial charge in [-0.15, -0.1) is 11.3 Å². The second-order valence-corrected chi connectivity index (χ2v) is 11.8. The predicted molar refractivity (Wildman–Crippen MR) is 140 cm³/mol. The maximum atomic E-state index is 13.2. The average molecular weight is 600 g/mol. The van der Waals surface area contributed by atoms with Gasteiger partial charge in [0.05, 0.1) is 17.0 Å². The summed E-state index contributed by atoms with van der Waals surface area (Å²) in [7, 11) is -3.71. The fourth-order valence-corrected chi connectivity index (χ4v) is 6.04. The quantitative estimate of drug-likeness (QED) is 0.229. The molecular formula is C25H25F4N5O4S2. The number of piperidine rings is 1.